The number of ether oxygens (including phenoxy) is 2. The van der Waals surface area contributed by atoms with E-state index in [9.17, 15) is 24.3 Å². The second-order valence-electron chi connectivity index (χ2n) is 12.3. The standard InChI is InChI=1S/C38H39NO7/c1-22-8-10-28(11-9-22)32-18-25(20-34(36(43)45-7)39-37(44)46-38(4,5)6)19-33(35(32)42)30-17-16-29(24(3)41)21-31(30)27-14-12-26(13-15-27)23(2)40/h8-19,21,34,42H,20H2,1-7H3,(H,39,44). The Morgan fingerprint density at radius 1 is 0.739 bits per heavy atom. The molecule has 0 saturated heterocycles. The van der Waals surface area contributed by atoms with Crippen LogP contribution in [-0.2, 0) is 20.7 Å². The van der Waals surface area contributed by atoms with Gasteiger partial charge in [0.1, 0.15) is 17.4 Å². The number of hydrogen-bond acceptors (Lipinski definition) is 7. The van der Waals surface area contributed by atoms with Crippen molar-refractivity contribution in [3.05, 3.63) is 101 Å². The Morgan fingerprint density at radius 3 is 1.85 bits per heavy atom. The fourth-order valence-corrected chi connectivity index (χ4v) is 5.11. The topological polar surface area (TPSA) is 119 Å². The Bertz CT molecular complexity index is 1780. The van der Waals surface area contributed by atoms with Crippen molar-refractivity contribution in [1.82, 2.24) is 5.32 Å². The van der Waals surface area contributed by atoms with Gasteiger partial charge in [-0.3, -0.25) is 9.59 Å². The maximum absolute atomic E-state index is 12.8. The molecule has 0 aliphatic rings. The second kappa shape index (κ2) is 13.8. The zero-order chi connectivity index (χ0) is 33.8. The van der Waals surface area contributed by atoms with E-state index >= 15 is 0 Å². The van der Waals surface area contributed by atoms with Gasteiger partial charge in [-0.05, 0) is 87.6 Å². The number of esters is 1. The number of aromatic hydroxyl groups is 1. The fourth-order valence-electron chi connectivity index (χ4n) is 5.11. The van der Waals surface area contributed by atoms with Gasteiger partial charge < -0.3 is 19.9 Å². The van der Waals surface area contributed by atoms with Crippen molar-refractivity contribution >= 4 is 23.6 Å². The number of hydrogen-bond donors (Lipinski definition) is 2. The van der Waals surface area contributed by atoms with Crippen LogP contribution in [0.5, 0.6) is 5.75 Å². The Balaban J connectivity index is 1.93. The van der Waals surface area contributed by atoms with Crippen LogP contribution >= 0.6 is 0 Å². The predicted octanol–water partition coefficient (Wildman–Crippen LogP) is 7.72. The average molecular weight is 622 g/mol. The first-order chi connectivity index (χ1) is 21.7. The van der Waals surface area contributed by atoms with Gasteiger partial charge in [0.15, 0.2) is 11.6 Å². The number of benzene rings is 4. The quantitative estimate of drug-likeness (QED) is 0.145. The smallest absolute Gasteiger partial charge is 0.408 e. The second-order valence-corrected chi connectivity index (χ2v) is 12.3. The first-order valence-electron chi connectivity index (χ1n) is 14.9. The Hall–Kier alpha value is -5.24. The summed E-state index contributed by atoms with van der Waals surface area (Å²) < 4.78 is 10.4. The summed E-state index contributed by atoms with van der Waals surface area (Å²) in [7, 11) is 1.24. The van der Waals surface area contributed by atoms with Gasteiger partial charge in [0.05, 0.1) is 7.11 Å². The Labute approximate surface area is 269 Å². The Kier molecular flexibility index (Phi) is 10.1. The molecule has 0 radical (unpaired) electrons. The molecule has 0 bridgehead atoms. The third-order valence-electron chi connectivity index (χ3n) is 7.47. The number of alkyl carbamates (subject to hydrolysis) is 1. The van der Waals surface area contributed by atoms with Crippen LogP contribution in [0.25, 0.3) is 33.4 Å². The van der Waals surface area contributed by atoms with Gasteiger partial charge in [-0.25, -0.2) is 9.59 Å². The number of phenols is 1. The zero-order valence-electron chi connectivity index (χ0n) is 27.2. The van der Waals surface area contributed by atoms with Gasteiger partial charge in [0.2, 0.25) is 0 Å². The summed E-state index contributed by atoms with van der Waals surface area (Å²) in [5.41, 5.74) is 5.67. The van der Waals surface area contributed by atoms with E-state index in [1.807, 2.05) is 31.2 Å². The minimum atomic E-state index is -1.08. The van der Waals surface area contributed by atoms with Gasteiger partial charge in [-0.2, -0.15) is 0 Å². The summed E-state index contributed by atoms with van der Waals surface area (Å²) >= 11 is 0. The summed E-state index contributed by atoms with van der Waals surface area (Å²) in [5.74, 6) is -0.855. The molecule has 1 atom stereocenters. The van der Waals surface area contributed by atoms with Crippen molar-refractivity contribution in [3.8, 4) is 39.1 Å². The molecule has 0 heterocycles. The summed E-state index contributed by atoms with van der Waals surface area (Å²) in [5, 5.41) is 14.4. The van der Waals surface area contributed by atoms with Crippen LogP contribution in [0.2, 0.25) is 0 Å². The highest BCUT2D eigenvalue weighted by Gasteiger charge is 2.27. The van der Waals surface area contributed by atoms with E-state index in [-0.39, 0.29) is 23.7 Å². The van der Waals surface area contributed by atoms with E-state index in [1.54, 1.807) is 75.4 Å². The van der Waals surface area contributed by atoms with Crippen LogP contribution < -0.4 is 5.32 Å². The van der Waals surface area contributed by atoms with Crippen molar-refractivity contribution in [2.24, 2.45) is 0 Å². The molecule has 0 spiro atoms. The molecule has 0 fully saturated rings. The number of carbonyl (C=O) groups excluding carboxylic acids is 4. The summed E-state index contributed by atoms with van der Waals surface area (Å²) in [4.78, 5) is 49.9. The monoisotopic (exact) mass is 621 g/mol. The van der Waals surface area contributed by atoms with Crippen molar-refractivity contribution in [1.29, 1.82) is 0 Å². The largest absolute Gasteiger partial charge is 0.507 e. The van der Waals surface area contributed by atoms with E-state index in [0.717, 1.165) is 16.7 Å². The lowest BCUT2D eigenvalue weighted by Crippen LogP contribution is -2.45. The van der Waals surface area contributed by atoms with E-state index in [4.69, 9.17) is 9.47 Å². The van der Waals surface area contributed by atoms with Gasteiger partial charge in [-0.15, -0.1) is 0 Å². The lowest BCUT2D eigenvalue weighted by molar-refractivity contribution is -0.143. The fraction of sp³-hybridized carbons (Fsp3) is 0.263. The first kappa shape index (κ1) is 33.6. The van der Waals surface area contributed by atoms with Crippen LogP contribution in [0.3, 0.4) is 0 Å². The van der Waals surface area contributed by atoms with Gasteiger partial charge in [-0.1, -0.05) is 66.2 Å². The molecule has 4 aromatic rings. The van der Waals surface area contributed by atoms with Crippen LogP contribution in [-0.4, -0.2) is 47.5 Å². The number of rotatable bonds is 9. The molecule has 0 aliphatic carbocycles. The molecule has 8 heteroatoms. The van der Waals surface area contributed by atoms with E-state index in [2.05, 4.69) is 5.32 Å². The van der Waals surface area contributed by atoms with Crippen LogP contribution in [0.1, 0.15) is 66.5 Å². The van der Waals surface area contributed by atoms with Crippen LogP contribution in [0.15, 0.2) is 78.9 Å². The maximum atomic E-state index is 12.8. The number of aryl methyl sites for hydroxylation is 1. The SMILES string of the molecule is COC(=O)C(Cc1cc(-c2ccc(C)cc2)c(O)c(-c2ccc(C(C)=O)cc2-c2ccc(C(C)=O)cc2)c1)NC(=O)OC(C)(C)C. The molecule has 0 saturated carbocycles. The average Bonchev–Trinajstić information content (AvgIpc) is 3.00. The van der Waals surface area contributed by atoms with Crippen molar-refractivity contribution in [2.45, 2.75) is 59.6 Å². The van der Waals surface area contributed by atoms with E-state index in [0.29, 0.717) is 38.9 Å². The van der Waals surface area contributed by atoms with Gasteiger partial charge >= 0.3 is 12.1 Å². The number of carbonyl (C=O) groups is 4. The van der Waals surface area contributed by atoms with Crippen molar-refractivity contribution < 1.29 is 33.8 Å². The summed E-state index contributed by atoms with van der Waals surface area (Å²) in [6.45, 7) is 10.1. The van der Waals surface area contributed by atoms with Crippen molar-refractivity contribution in [3.63, 3.8) is 0 Å². The maximum Gasteiger partial charge on any atom is 0.408 e. The van der Waals surface area contributed by atoms with E-state index in [1.165, 1.54) is 21.0 Å². The molecular weight excluding hydrogens is 582 g/mol. The molecule has 4 rings (SSSR count). The third-order valence-corrected chi connectivity index (χ3v) is 7.47. The minimum absolute atomic E-state index is 0.000460. The molecule has 46 heavy (non-hydrogen) atoms. The first-order valence-corrected chi connectivity index (χ1v) is 14.9. The molecular formula is C38H39NO7. The molecule has 2 N–H and O–H groups in total. The lowest BCUT2D eigenvalue weighted by atomic mass is 9.87. The Morgan fingerprint density at radius 2 is 1.28 bits per heavy atom. The molecule has 1 amide bonds. The van der Waals surface area contributed by atoms with Crippen molar-refractivity contribution in [2.75, 3.05) is 7.11 Å². The normalized spacial score (nSPS) is 11.8. The van der Waals surface area contributed by atoms with Gasteiger partial charge in [0, 0.05) is 28.7 Å². The van der Waals surface area contributed by atoms with E-state index < -0.39 is 23.7 Å². The summed E-state index contributed by atoms with van der Waals surface area (Å²) in [6, 6.07) is 22.4. The number of ketones is 2. The molecule has 8 nitrogen and oxygen atoms in total. The molecule has 0 aromatic heterocycles. The predicted molar refractivity (Wildman–Crippen MR) is 178 cm³/mol. The van der Waals surface area contributed by atoms with Crippen LogP contribution in [0.4, 0.5) is 4.79 Å². The lowest BCUT2D eigenvalue weighted by Gasteiger charge is -2.23. The number of nitrogens with one attached hydrogen (secondary N) is 1. The molecule has 238 valence electrons. The highest BCUT2D eigenvalue weighted by Crippen LogP contribution is 2.43. The summed E-state index contributed by atoms with van der Waals surface area (Å²) in [6.07, 6.45) is -0.733. The number of Topliss-reactive ketones (excluding diaryl/α,β-unsaturated/α-hetero) is 2. The van der Waals surface area contributed by atoms with Gasteiger partial charge in [0.25, 0.3) is 0 Å². The minimum Gasteiger partial charge on any atom is -0.507 e. The number of methoxy groups -OCH3 is 1. The molecule has 1 unspecified atom stereocenters. The zero-order valence-corrected chi connectivity index (χ0v) is 27.2. The third kappa shape index (κ3) is 8.07. The highest BCUT2D eigenvalue weighted by molar-refractivity contribution is 5.99. The number of phenolic OH excluding ortho intramolecular Hbond substituents is 1. The van der Waals surface area contributed by atoms with Crippen LogP contribution in [0, 0.1) is 6.92 Å². The molecule has 0 aliphatic heterocycles. The highest BCUT2D eigenvalue weighted by atomic mass is 16.6. The number of amides is 1. The molecule has 4 aromatic carbocycles.